The van der Waals surface area contributed by atoms with Gasteiger partial charge >= 0.3 is 0 Å². The van der Waals surface area contributed by atoms with Gasteiger partial charge in [0.05, 0.1) is 24.5 Å². The normalized spacial score (nSPS) is 18.1. The van der Waals surface area contributed by atoms with Crippen LogP contribution in [-0.4, -0.2) is 39.0 Å². The summed E-state index contributed by atoms with van der Waals surface area (Å²) >= 11 is 0. The van der Waals surface area contributed by atoms with Gasteiger partial charge in [-0.15, -0.1) is 11.5 Å². The molecule has 0 spiro atoms. The minimum Gasteiger partial charge on any atom is -0.391 e. The molecule has 0 radical (unpaired) electrons. The van der Waals surface area contributed by atoms with Crippen molar-refractivity contribution in [3.63, 3.8) is 0 Å². The smallest absolute Gasteiger partial charge is 0.238 e. The van der Waals surface area contributed by atoms with Gasteiger partial charge in [-0.05, 0) is 12.8 Å². The summed E-state index contributed by atoms with van der Waals surface area (Å²) in [6.07, 6.45) is 9.50. The lowest BCUT2D eigenvalue weighted by molar-refractivity contribution is -0.00535. The number of aromatic nitrogens is 3. The summed E-state index contributed by atoms with van der Waals surface area (Å²) in [7, 11) is 0. The van der Waals surface area contributed by atoms with E-state index in [9.17, 15) is 4.39 Å². The van der Waals surface area contributed by atoms with Gasteiger partial charge in [0, 0.05) is 12.8 Å². The van der Waals surface area contributed by atoms with E-state index in [0.29, 0.717) is 6.61 Å². The number of aliphatic hydroxyl groups excluding tert-OH is 1. The topological polar surface area (TPSA) is 85.7 Å². The fourth-order valence-corrected chi connectivity index (χ4v) is 1.77. The van der Waals surface area contributed by atoms with Gasteiger partial charge in [-0.25, -0.2) is 13.9 Å². The quantitative estimate of drug-likeness (QED) is 0.689. The van der Waals surface area contributed by atoms with Crippen LogP contribution in [0.2, 0.25) is 0 Å². The summed E-state index contributed by atoms with van der Waals surface area (Å²) in [6.45, 7) is 1.37. The van der Waals surface area contributed by atoms with Crippen LogP contribution in [0.4, 0.5) is 10.3 Å². The first kappa shape index (κ1) is 14.2. The van der Waals surface area contributed by atoms with E-state index in [-0.39, 0.29) is 23.1 Å². The van der Waals surface area contributed by atoms with Crippen LogP contribution in [0.1, 0.15) is 18.4 Å². The Balaban J connectivity index is 0.000000178. The van der Waals surface area contributed by atoms with E-state index < -0.39 is 5.82 Å². The van der Waals surface area contributed by atoms with Crippen LogP contribution in [0, 0.1) is 18.2 Å². The molecule has 3 N–H and O–H groups in total. The number of terminal acetylenes is 1. The second-order valence-electron chi connectivity index (χ2n) is 4.32. The molecule has 0 bridgehead atoms. The number of hydrogen-bond donors (Lipinski definition) is 2. The molecule has 2 aromatic rings. The third-order valence-corrected chi connectivity index (χ3v) is 2.78. The minimum absolute atomic E-state index is 0.0751. The van der Waals surface area contributed by atoms with E-state index in [0.717, 1.165) is 19.4 Å². The van der Waals surface area contributed by atoms with Gasteiger partial charge in [0.15, 0.2) is 5.82 Å². The highest BCUT2D eigenvalue weighted by atomic mass is 19.1. The molecule has 1 aliphatic rings. The second kappa shape index (κ2) is 6.32. The fraction of sp³-hybridized carbons (Fsp3) is 0.385. The first-order valence-corrected chi connectivity index (χ1v) is 6.13. The fourth-order valence-electron chi connectivity index (χ4n) is 1.77. The van der Waals surface area contributed by atoms with Crippen molar-refractivity contribution in [2.45, 2.75) is 18.9 Å². The van der Waals surface area contributed by atoms with Gasteiger partial charge in [-0.1, -0.05) is 5.92 Å². The number of hydrogen-bond acceptors (Lipinski definition) is 5. The summed E-state index contributed by atoms with van der Waals surface area (Å²) in [4.78, 5) is 3.65. The van der Waals surface area contributed by atoms with E-state index in [1.807, 2.05) is 0 Å². The maximum absolute atomic E-state index is 13.3. The number of nitrogens with zero attached hydrogens (tertiary/aromatic N) is 3. The number of fused-ring (bicyclic) bond motifs is 1. The maximum atomic E-state index is 13.3. The first-order valence-electron chi connectivity index (χ1n) is 6.13. The van der Waals surface area contributed by atoms with Crippen molar-refractivity contribution >= 4 is 11.5 Å². The Morgan fingerprint density at radius 3 is 2.95 bits per heavy atom. The highest BCUT2D eigenvalue weighted by molar-refractivity contribution is 5.54. The molecule has 1 atom stereocenters. The van der Waals surface area contributed by atoms with E-state index in [1.54, 1.807) is 0 Å². The molecule has 3 rings (SSSR count). The van der Waals surface area contributed by atoms with Crippen LogP contribution >= 0.6 is 0 Å². The first-order chi connectivity index (χ1) is 9.61. The molecule has 7 heteroatoms. The number of nitrogens with two attached hydrogens (primary N) is 1. The van der Waals surface area contributed by atoms with Gasteiger partial charge in [0.25, 0.3) is 0 Å². The number of nitrogen functional groups attached to an aromatic ring is 1. The average molecular weight is 278 g/mol. The summed E-state index contributed by atoms with van der Waals surface area (Å²) in [5.41, 5.74) is 5.68. The van der Waals surface area contributed by atoms with Crippen LogP contribution in [0.3, 0.4) is 0 Å². The molecule has 0 amide bonds. The Hall–Kier alpha value is -2.17. The van der Waals surface area contributed by atoms with Gasteiger partial charge in [0.2, 0.25) is 5.95 Å². The standard InChI is InChI=1S/C8H5FN4.C5H10O2/c1-2-5-4-13-6(7(5)9)3-11-8(10)12-13;6-5-2-1-3-7-4-5/h1,3-4H,(H2,10,12);5-6H,1-4H2. The Morgan fingerprint density at radius 1 is 1.60 bits per heavy atom. The van der Waals surface area contributed by atoms with Crippen LogP contribution < -0.4 is 5.73 Å². The van der Waals surface area contributed by atoms with Crippen molar-refractivity contribution < 1.29 is 14.2 Å². The van der Waals surface area contributed by atoms with Crippen LogP contribution in [0.15, 0.2) is 12.4 Å². The Kier molecular flexibility index (Phi) is 4.50. The molecule has 0 aromatic carbocycles. The molecule has 1 unspecified atom stereocenters. The van der Waals surface area contributed by atoms with Crippen molar-refractivity contribution in [1.82, 2.24) is 14.6 Å². The van der Waals surface area contributed by atoms with E-state index in [1.165, 1.54) is 16.9 Å². The lowest BCUT2D eigenvalue weighted by Gasteiger charge is -2.15. The average Bonchev–Trinajstić information content (AvgIpc) is 2.76. The number of anilines is 1. The summed E-state index contributed by atoms with van der Waals surface area (Å²) < 4.78 is 19.5. The van der Waals surface area contributed by atoms with E-state index >= 15 is 0 Å². The van der Waals surface area contributed by atoms with Gasteiger partial charge < -0.3 is 15.6 Å². The van der Waals surface area contributed by atoms with E-state index in [2.05, 4.69) is 16.0 Å². The van der Waals surface area contributed by atoms with Gasteiger partial charge in [-0.3, -0.25) is 0 Å². The Morgan fingerprint density at radius 2 is 2.40 bits per heavy atom. The molecule has 0 aliphatic carbocycles. The molecule has 106 valence electrons. The lowest BCUT2D eigenvalue weighted by Crippen LogP contribution is -2.21. The van der Waals surface area contributed by atoms with Crippen molar-refractivity contribution in [2.24, 2.45) is 0 Å². The Bertz CT molecular complexity index is 629. The highest BCUT2D eigenvalue weighted by Gasteiger charge is 2.09. The molecular weight excluding hydrogens is 263 g/mol. The minimum atomic E-state index is -0.498. The molecule has 3 heterocycles. The Labute approximate surface area is 115 Å². The second-order valence-corrected chi connectivity index (χ2v) is 4.32. The van der Waals surface area contributed by atoms with Crippen LogP contribution in [-0.2, 0) is 4.74 Å². The third kappa shape index (κ3) is 3.23. The van der Waals surface area contributed by atoms with Crippen LogP contribution in [0.5, 0.6) is 0 Å². The predicted molar refractivity (Wildman–Crippen MR) is 71.4 cm³/mol. The zero-order valence-electron chi connectivity index (χ0n) is 10.8. The van der Waals surface area contributed by atoms with E-state index in [4.69, 9.17) is 22.0 Å². The number of ether oxygens (including phenoxy) is 1. The maximum Gasteiger partial charge on any atom is 0.238 e. The SMILES string of the molecule is C#Cc1cn2nc(N)ncc2c1F.OC1CCCOC1. The molecule has 1 fully saturated rings. The summed E-state index contributed by atoms with van der Waals surface area (Å²) in [6, 6.07) is 0. The number of halogens is 1. The summed E-state index contributed by atoms with van der Waals surface area (Å²) in [5.74, 6) is 1.78. The monoisotopic (exact) mass is 278 g/mol. The van der Waals surface area contributed by atoms with Gasteiger partial charge in [0.1, 0.15) is 5.52 Å². The van der Waals surface area contributed by atoms with Crippen molar-refractivity contribution in [2.75, 3.05) is 18.9 Å². The zero-order valence-corrected chi connectivity index (χ0v) is 10.8. The molecule has 1 saturated heterocycles. The molecule has 2 aromatic heterocycles. The van der Waals surface area contributed by atoms with Crippen molar-refractivity contribution in [1.29, 1.82) is 0 Å². The van der Waals surface area contributed by atoms with Crippen molar-refractivity contribution in [3.8, 4) is 12.3 Å². The predicted octanol–water partition coefficient (Wildman–Crippen LogP) is 0.590. The van der Waals surface area contributed by atoms with Crippen LogP contribution in [0.25, 0.3) is 5.52 Å². The number of rotatable bonds is 0. The van der Waals surface area contributed by atoms with Crippen molar-refractivity contribution in [3.05, 3.63) is 23.8 Å². The highest BCUT2D eigenvalue weighted by Crippen LogP contribution is 2.13. The third-order valence-electron chi connectivity index (χ3n) is 2.78. The molecule has 1 aliphatic heterocycles. The zero-order chi connectivity index (χ0) is 14.5. The summed E-state index contributed by atoms with van der Waals surface area (Å²) in [5, 5.41) is 12.5. The molecular formula is C13H15FN4O2. The molecule has 6 nitrogen and oxygen atoms in total. The number of aliphatic hydroxyl groups is 1. The van der Waals surface area contributed by atoms with Gasteiger partial charge in [-0.2, -0.15) is 0 Å². The lowest BCUT2D eigenvalue weighted by atomic mass is 10.2. The largest absolute Gasteiger partial charge is 0.391 e. The molecule has 0 saturated carbocycles. The molecule has 20 heavy (non-hydrogen) atoms.